The lowest BCUT2D eigenvalue weighted by Crippen LogP contribution is -2.50. The highest BCUT2D eigenvalue weighted by Gasteiger charge is 2.24. The van der Waals surface area contributed by atoms with Crippen molar-refractivity contribution in [2.45, 2.75) is 13.8 Å². The number of nitriles is 1. The average molecular weight is 327 g/mol. The predicted octanol–water partition coefficient (Wildman–Crippen LogP) is 1.09. The minimum atomic E-state index is -0.348. The number of nitrogens with two attached hydrogens (primary N) is 1. The zero-order valence-electron chi connectivity index (χ0n) is 13.9. The first-order chi connectivity index (χ1) is 11.4. The molecule has 7 nitrogen and oxygen atoms in total. The molecule has 2 rings (SSSR count). The van der Waals surface area contributed by atoms with Crippen LogP contribution in [0.15, 0.2) is 30.0 Å². The first-order valence-electron chi connectivity index (χ1n) is 7.70. The smallest absolute Gasteiger partial charge is 0.266 e. The Morgan fingerprint density at radius 2 is 1.88 bits per heavy atom. The van der Waals surface area contributed by atoms with E-state index in [9.17, 15) is 14.9 Å². The summed E-state index contributed by atoms with van der Waals surface area (Å²) in [7, 11) is 0. The molecule has 24 heavy (non-hydrogen) atoms. The highest BCUT2D eigenvalue weighted by molar-refractivity contribution is 5.97. The molecule has 126 valence electrons. The summed E-state index contributed by atoms with van der Waals surface area (Å²) < 4.78 is 0. The van der Waals surface area contributed by atoms with E-state index in [1.54, 1.807) is 15.9 Å². The molecule has 0 radical (unpaired) electrons. The molecule has 0 aliphatic carbocycles. The van der Waals surface area contributed by atoms with E-state index in [0.29, 0.717) is 37.6 Å². The quantitative estimate of drug-likeness (QED) is 0.491. The summed E-state index contributed by atoms with van der Waals surface area (Å²) in [6.45, 7) is 5.25. The van der Waals surface area contributed by atoms with Crippen LogP contribution in [0.1, 0.15) is 12.5 Å². The standard InChI is InChI=1S/C17H21N5O2/c1-12-3-4-16(15(19)9-12)20-11-14(10-18)17(24)22-7-5-21(6-8-22)13(2)23/h3-4,9,11,20H,5-8,19H2,1-2H3/b14-11-. The molecule has 1 heterocycles. The molecule has 0 saturated carbocycles. The van der Waals surface area contributed by atoms with Crippen LogP contribution in [-0.4, -0.2) is 47.8 Å². The number of benzene rings is 1. The maximum Gasteiger partial charge on any atom is 0.266 e. The summed E-state index contributed by atoms with van der Waals surface area (Å²) in [5.41, 5.74) is 8.13. The normalized spacial score (nSPS) is 15.0. The van der Waals surface area contributed by atoms with Gasteiger partial charge in [0.05, 0.1) is 11.4 Å². The van der Waals surface area contributed by atoms with E-state index in [0.717, 1.165) is 5.56 Å². The van der Waals surface area contributed by atoms with Crippen LogP contribution in [0.3, 0.4) is 0 Å². The molecular formula is C17H21N5O2. The van der Waals surface area contributed by atoms with Gasteiger partial charge in [0.25, 0.3) is 5.91 Å². The van der Waals surface area contributed by atoms with Crippen LogP contribution in [-0.2, 0) is 9.59 Å². The second kappa shape index (κ2) is 7.51. The summed E-state index contributed by atoms with van der Waals surface area (Å²) in [6, 6.07) is 7.42. The third-order valence-corrected chi connectivity index (χ3v) is 3.94. The number of aryl methyl sites for hydroxylation is 1. The SMILES string of the molecule is CC(=O)N1CCN(C(=O)/C(C#N)=C\Nc2ccc(C)cc2N)CC1. The predicted molar refractivity (Wildman–Crippen MR) is 91.7 cm³/mol. The van der Waals surface area contributed by atoms with Crippen LogP contribution in [0.5, 0.6) is 0 Å². The van der Waals surface area contributed by atoms with Crippen molar-refractivity contribution in [3.63, 3.8) is 0 Å². The Kier molecular flexibility index (Phi) is 5.42. The van der Waals surface area contributed by atoms with E-state index in [2.05, 4.69) is 5.32 Å². The Hall–Kier alpha value is -3.01. The summed E-state index contributed by atoms with van der Waals surface area (Å²) in [5, 5.41) is 12.2. The molecule has 0 spiro atoms. The fourth-order valence-electron chi connectivity index (χ4n) is 2.50. The molecule has 0 unspecified atom stereocenters. The van der Waals surface area contributed by atoms with Crippen LogP contribution in [0.4, 0.5) is 11.4 Å². The molecule has 1 fully saturated rings. The fourth-order valence-corrected chi connectivity index (χ4v) is 2.50. The van der Waals surface area contributed by atoms with Gasteiger partial charge in [-0.1, -0.05) is 6.07 Å². The summed E-state index contributed by atoms with van der Waals surface area (Å²) >= 11 is 0. The number of amides is 2. The van der Waals surface area contributed by atoms with Crippen molar-refractivity contribution in [1.82, 2.24) is 9.80 Å². The summed E-state index contributed by atoms with van der Waals surface area (Å²) in [4.78, 5) is 27.0. The molecule has 0 atom stereocenters. The molecule has 1 aromatic carbocycles. The molecule has 2 amide bonds. The highest BCUT2D eigenvalue weighted by Crippen LogP contribution is 2.20. The van der Waals surface area contributed by atoms with Crippen LogP contribution in [0.25, 0.3) is 0 Å². The van der Waals surface area contributed by atoms with Crippen molar-refractivity contribution in [1.29, 1.82) is 5.26 Å². The summed E-state index contributed by atoms with van der Waals surface area (Å²) in [6.07, 6.45) is 1.38. The van der Waals surface area contributed by atoms with Gasteiger partial charge in [0.1, 0.15) is 11.6 Å². The largest absolute Gasteiger partial charge is 0.397 e. The third kappa shape index (κ3) is 4.04. The van der Waals surface area contributed by atoms with Gasteiger partial charge in [0, 0.05) is 39.3 Å². The maximum atomic E-state index is 12.4. The fraction of sp³-hybridized carbons (Fsp3) is 0.353. The number of hydrogen-bond acceptors (Lipinski definition) is 5. The number of anilines is 2. The molecule has 7 heteroatoms. The molecule has 1 saturated heterocycles. The van der Waals surface area contributed by atoms with Gasteiger partial charge in [-0.15, -0.1) is 0 Å². The van der Waals surface area contributed by atoms with Crippen molar-refractivity contribution in [2.24, 2.45) is 0 Å². The lowest BCUT2D eigenvalue weighted by molar-refractivity contribution is -0.136. The lowest BCUT2D eigenvalue weighted by atomic mass is 10.2. The zero-order valence-corrected chi connectivity index (χ0v) is 13.9. The first-order valence-corrected chi connectivity index (χ1v) is 7.70. The monoisotopic (exact) mass is 327 g/mol. The van der Waals surface area contributed by atoms with Gasteiger partial charge in [0.2, 0.25) is 5.91 Å². The van der Waals surface area contributed by atoms with Gasteiger partial charge in [0.15, 0.2) is 0 Å². The molecule has 0 bridgehead atoms. The van der Waals surface area contributed by atoms with Gasteiger partial charge in [-0.3, -0.25) is 9.59 Å². The van der Waals surface area contributed by atoms with Crippen molar-refractivity contribution in [3.05, 3.63) is 35.5 Å². The Labute approximate surface area is 141 Å². The molecule has 1 aromatic rings. The summed E-state index contributed by atoms with van der Waals surface area (Å²) in [5.74, 6) is -0.353. The van der Waals surface area contributed by atoms with E-state index in [1.807, 2.05) is 25.1 Å². The Bertz CT molecular complexity index is 712. The molecule has 0 aromatic heterocycles. The van der Waals surface area contributed by atoms with Crippen molar-refractivity contribution in [3.8, 4) is 6.07 Å². The van der Waals surface area contributed by atoms with Crippen LogP contribution < -0.4 is 11.1 Å². The number of nitrogens with zero attached hydrogens (tertiary/aromatic N) is 3. The van der Waals surface area contributed by atoms with Crippen molar-refractivity contribution in [2.75, 3.05) is 37.2 Å². The van der Waals surface area contributed by atoms with Crippen molar-refractivity contribution >= 4 is 23.2 Å². The first kappa shape index (κ1) is 17.3. The minimum Gasteiger partial charge on any atom is -0.397 e. The molecule has 1 aliphatic heterocycles. The highest BCUT2D eigenvalue weighted by atomic mass is 16.2. The second-order valence-corrected chi connectivity index (χ2v) is 5.70. The number of nitrogen functional groups attached to an aromatic ring is 1. The van der Waals surface area contributed by atoms with Crippen molar-refractivity contribution < 1.29 is 9.59 Å². The zero-order chi connectivity index (χ0) is 17.7. The van der Waals surface area contributed by atoms with E-state index in [-0.39, 0.29) is 17.4 Å². The minimum absolute atomic E-state index is 0.00494. The Balaban J connectivity index is 2.04. The van der Waals surface area contributed by atoms with Gasteiger partial charge in [-0.25, -0.2) is 0 Å². The van der Waals surface area contributed by atoms with Gasteiger partial charge < -0.3 is 20.9 Å². The number of carbonyl (C=O) groups is 2. The van der Waals surface area contributed by atoms with Gasteiger partial charge in [-0.05, 0) is 24.6 Å². The molecule has 1 aliphatic rings. The van der Waals surface area contributed by atoms with Gasteiger partial charge in [-0.2, -0.15) is 5.26 Å². The lowest BCUT2D eigenvalue weighted by Gasteiger charge is -2.34. The molecular weight excluding hydrogens is 306 g/mol. The number of carbonyl (C=O) groups excluding carboxylic acids is 2. The van der Waals surface area contributed by atoms with E-state index in [1.165, 1.54) is 13.1 Å². The van der Waals surface area contributed by atoms with E-state index >= 15 is 0 Å². The Morgan fingerprint density at radius 1 is 1.25 bits per heavy atom. The number of piperazine rings is 1. The van der Waals surface area contributed by atoms with Crippen LogP contribution >= 0.6 is 0 Å². The maximum absolute atomic E-state index is 12.4. The second-order valence-electron chi connectivity index (χ2n) is 5.70. The van der Waals surface area contributed by atoms with Crippen LogP contribution in [0, 0.1) is 18.3 Å². The van der Waals surface area contributed by atoms with E-state index < -0.39 is 0 Å². The number of hydrogen-bond donors (Lipinski definition) is 2. The van der Waals surface area contributed by atoms with E-state index in [4.69, 9.17) is 5.73 Å². The number of nitrogens with one attached hydrogen (secondary N) is 1. The number of rotatable bonds is 3. The Morgan fingerprint density at radius 3 is 2.42 bits per heavy atom. The average Bonchev–Trinajstić information content (AvgIpc) is 2.57. The third-order valence-electron chi connectivity index (χ3n) is 3.94. The van der Waals surface area contributed by atoms with Gasteiger partial charge >= 0.3 is 0 Å². The topological polar surface area (TPSA) is 102 Å². The molecule has 3 N–H and O–H groups in total. The van der Waals surface area contributed by atoms with Crippen LogP contribution in [0.2, 0.25) is 0 Å².